The van der Waals surface area contributed by atoms with Crippen LogP contribution in [0, 0.1) is 5.82 Å². The number of nitrogens with two attached hydrogens (primary N) is 2. The molecule has 0 fully saturated rings. The van der Waals surface area contributed by atoms with Gasteiger partial charge in [0, 0.05) is 18.4 Å². The van der Waals surface area contributed by atoms with Gasteiger partial charge in [-0.2, -0.15) is 0 Å². The number of carbonyl (C=O) groups excluding carboxylic acids is 1. The Morgan fingerprint density at radius 3 is 2.81 bits per heavy atom. The molecule has 0 aliphatic carbocycles. The maximum Gasteiger partial charge on any atom is 0.269 e. The van der Waals surface area contributed by atoms with E-state index < -0.39 is 35.9 Å². The first kappa shape index (κ1) is 24.4. The standard InChI is InChI=1S/C20H22ClF3N4O3/c1-11(15(21)5-12(7-25)8-30-2)18(29)27-13-3-4-16(22)14(6-13)20(19(23)24)10-31-9-17(26)28-20/h3-7,19H,1,8-10,25H2,2H3,(H2,26,28)(H,27,29)/b12-7+,15-5+/t20-/m0/s1. The molecular weight excluding hydrogens is 437 g/mol. The van der Waals surface area contributed by atoms with Crippen molar-refractivity contribution < 1.29 is 27.4 Å². The number of carbonyl (C=O) groups is 1. The highest BCUT2D eigenvalue weighted by Gasteiger charge is 2.46. The minimum absolute atomic E-state index is 0.0179. The van der Waals surface area contributed by atoms with Crippen LogP contribution in [0.1, 0.15) is 5.56 Å². The quantitative estimate of drug-likeness (QED) is 0.409. The van der Waals surface area contributed by atoms with Crippen molar-refractivity contribution in [3.8, 4) is 0 Å². The van der Waals surface area contributed by atoms with Crippen LogP contribution in [0.5, 0.6) is 0 Å². The van der Waals surface area contributed by atoms with Gasteiger partial charge in [-0.15, -0.1) is 0 Å². The molecule has 0 radical (unpaired) electrons. The molecule has 0 saturated heterocycles. The fourth-order valence-electron chi connectivity index (χ4n) is 2.80. The van der Waals surface area contributed by atoms with Gasteiger partial charge >= 0.3 is 0 Å². The van der Waals surface area contributed by atoms with Crippen molar-refractivity contribution >= 4 is 29.0 Å². The molecule has 168 valence electrons. The first-order valence-electron chi connectivity index (χ1n) is 8.92. The predicted octanol–water partition coefficient (Wildman–Crippen LogP) is 2.78. The van der Waals surface area contributed by atoms with Gasteiger partial charge in [0.25, 0.3) is 12.3 Å². The van der Waals surface area contributed by atoms with E-state index in [0.717, 1.165) is 12.1 Å². The minimum atomic E-state index is -3.11. The fraction of sp³-hybridized carbons (Fsp3) is 0.300. The molecule has 0 aromatic heterocycles. The highest BCUT2D eigenvalue weighted by atomic mass is 35.5. The number of hydrogen-bond donors (Lipinski definition) is 3. The molecule has 5 N–H and O–H groups in total. The lowest BCUT2D eigenvalue weighted by molar-refractivity contribution is -0.112. The van der Waals surface area contributed by atoms with Gasteiger partial charge in [-0.3, -0.25) is 9.79 Å². The van der Waals surface area contributed by atoms with Gasteiger partial charge in [-0.25, -0.2) is 13.2 Å². The van der Waals surface area contributed by atoms with Crippen molar-refractivity contribution in [2.24, 2.45) is 16.5 Å². The third kappa shape index (κ3) is 5.66. The van der Waals surface area contributed by atoms with E-state index in [1.165, 1.54) is 25.5 Å². The molecule has 11 heteroatoms. The van der Waals surface area contributed by atoms with E-state index in [9.17, 15) is 18.0 Å². The molecule has 1 aromatic carbocycles. The van der Waals surface area contributed by atoms with Crippen LogP contribution >= 0.6 is 11.6 Å². The van der Waals surface area contributed by atoms with Crippen molar-refractivity contribution in [1.29, 1.82) is 0 Å². The van der Waals surface area contributed by atoms with Crippen LogP contribution in [0.15, 0.2) is 58.2 Å². The third-order valence-electron chi connectivity index (χ3n) is 4.37. The summed E-state index contributed by atoms with van der Waals surface area (Å²) in [5.41, 5.74) is 8.59. The Labute approximate surface area is 182 Å². The average Bonchev–Trinajstić information content (AvgIpc) is 2.73. The van der Waals surface area contributed by atoms with Crippen molar-refractivity contribution in [1.82, 2.24) is 0 Å². The second-order valence-corrected chi connectivity index (χ2v) is 7.02. The van der Waals surface area contributed by atoms with Crippen LogP contribution in [0.25, 0.3) is 0 Å². The fourth-order valence-corrected chi connectivity index (χ4v) is 3.03. The molecule has 1 heterocycles. The maximum absolute atomic E-state index is 14.5. The number of alkyl halides is 2. The number of rotatable bonds is 8. The van der Waals surface area contributed by atoms with Crippen LogP contribution in [-0.4, -0.2) is 45.1 Å². The van der Waals surface area contributed by atoms with Crippen molar-refractivity contribution in [3.63, 3.8) is 0 Å². The van der Waals surface area contributed by atoms with Crippen LogP contribution < -0.4 is 16.8 Å². The SMILES string of the molecule is C=C(C(=O)Nc1ccc(F)c([C@]2(C(F)F)COCC(N)=N2)c1)/C(Cl)=C\C(=C/N)COC. The zero-order valence-electron chi connectivity index (χ0n) is 16.6. The number of methoxy groups -OCH3 is 1. The molecule has 1 amide bonds. The summed E-state index contributed by atoms with van der Waals surface area (Å²) in [6, 6.07) is 3.18. The van der Waals surface area contributed by atoms with Crippen molar-refractivity contribution in [2.75, 3.05) is 32.2 Å². The van der Waals surface area contributed by atoms with Gasteiger partial charge in [-0.05, 0) is 36.0 Å². The average molecular weight is 459 g/mol. The second kappa shape index (κ2) is 10.5. The van der Waals surface area contributed by atoms with Gasteiger partial charge in [-0.1, -0.05) is 18.2 Å². The number of nitrogens with zero attached hydrogens (tertiary/aromatic N) is 1. The van der Waals surface area contributed by atoms with E-state index in [1.807, 2.05) is 0 Å². The van der Waals surface area contributed by atoms with Gasteiger partial charge in [0.05, 0.1) is 23.8 Å². The molecule has 0 bridgehead atoms. The molecule has 0 saturated carbocycles. The highest BCUT2D eigenvalue weighted by Crippen LogP contribution is 2.38. The highest BCUT2D eigenvalue weighted by molar-refractivity contribution is 6.36. The first-order chi connectivity index (χ1) is 14.6. The summed E-state index contributed by atoms with van der Waals surface area (Å²) in [5.74, 6) is -1.87. The lowest BCUT2D eigenvalue weighted by Crippen LogP contribution is -2.45. The van der Waals surface area contributed by atoms with Crippen LogP contribution in [0.2, 0.25) is 0 Å². The smallest absolute Gasteiger partial charge is 0.269 e. The number of hydrogen-bond acceptors (Lipinski definition) is 6. The minimum Gasteiger partial charge on any atom is -0.404 e. The topological polar surface area (TPSA) is 112 Å². The normalized spacial score (nSPS) is 19.9. The zero-order valence-corrected chi connectivity index (χ0v) is 17.4. The summed E-state index contributed by atoms with van der Waals surface area (Å²) < 4.78 is 52.3. The number of halogens is 4. The third-order valence-corrected chi connectivity index (χ3v) is 4.70. The summed E-state index contributed by atoms with van der Waals surface area (Å²) >= 11 is 6.10. The summed E-state index contributed by atoms with van der Waals surface area (Å²) in [7, 11) is 1.46. The number of benzene rings is 1. The number of nitrogens with one attached hydrogen (secondary N) is 1. The Bertz CT molecular complexity index is 950. The van der Waals surface area contributed by atoms with E-state index in [0.29, 0.717) is 5.57 Å². The summed E-state index contributed by atoms with van der Waals surface area (Å²) in [4.78, 5) is 16.3. The molecule has 7 nitrogen and oxygen atoms in total. The Hall–Kier alpha value is -2.82. The Balaban J connectivity index is 2.32. The van der Waals surface area contributed by atoms with E-state index in [1.54, 1.807) is 0 Å². The molecular formula is C20H22ClF3N4O3. The summed E-state index contributed by atoms with van der Waals surface area (Å²) in [6.45, 7) is 3.05. The Morgan fingerprint density at radius 1 is 1.52 bits per heavy atom. The van der Waals surface area contributed by atoms with Gasteiger partial charge in [0.15, 0.2) is 5.54 Å². The molecule has 0 spiro atoms. The molecule has 1 atom stereocenters. The number of amides is 1. The first-order valence-corrected chi connectivity index (χ1v) is 9.30. The van der Waals surface area contributed by atoms with Crippen LogP contribution in [0.4, 0.5) is 18.9 Å². The second-order valence-electron chi connectivity index (χ2n) is 6.62. The van der Waals surface area contributed by atoms with E-state index in [4.69, 9.17) is 32.5 Å². The Morgan fingerprint density at radius 2 is 2.23 bits per heavy atom. The summed E-state index contributed by atoms with van der Waals surface area (Å²) in [6.07, 6.45) is -0.460. The van der Waals surface area contributed by atoms with E-state index in [-0.39, 0.29) is 35.3 Å². The maximum atomic E-state index is 14.5. The number of amidine groups is 1. The molecule has 0 unspecified atom stereocenters. The van der Waals surface area contributed by atoms with E-state index in [2.05, 4.69) is 16.9 Å². The number of ether oxygens (including phenoxy) is 2. The number of anilines is 1. The van der Waals surface area contributed by atoms with Gasteiger partial charge in [0.2, 0.25) is 0 Å². The molecule has 31 heavy (non-hydrogen) atoms. The predicted molar refractivity (Wildman–Crippen MR) is 112 cm³/mol. The zero-order chi connectivity index (χ0) is 23.2. The Kier molecular flexibility index (Phi) is 8.26. The molecule has 2 rings (SSSR count). The van der Waals surface area contributed by atoms with Crippen molar-refractivity contribution in [3.05, 3.63) is 64.6 Å². The monoisotopic (exact) mass is 458 g/mol. The molecule has 1 aliphatic rings. The van der Waals surface area contributed by atoms with Crippen molar-refractivity contribution in [2.45, 2.75) is 12.0 Å². The lowest BCUT2D eigenvalue weighted by Gasteiger charge is -2.33. The van der Waals surface area contributed by atoms with Crippen LogP contribution in [0.3, 0.4) is 0 Å². The van der Waals surface area contributed by atoms with Gasteiger partial charge in [0.1, 0.15) is 18.3 Å². The summed E-state index contributed by atoms with van der Waals surface area (Å²) in [5, 5.41) is 2.42. The van der Waals surface area contributed by atoms with Gasteiger partial charge < -0.3 is 26.3 Å². The van der Waals surface area contributed by atoms with Crippen LogP contribution in [-0.2, 0) is 19.8 Å². The molecule has 1 aliphatic heterocycles. The molecule has 1 aromatic rings. The number of aliphatic imine (C=N–C) groups is 1. The lowest BCUT2D eigenvalue weighted by atomic mass is 9.90. The largest absolute Gasteiger partial charge is 0.404 e. The van der Waals surface area contributed by atoms with E-state index >= 15 is 0 Å².